The van der Waals surface area contributed by atoms with E-state index in [-0.39, 0.29) is 69.6 Å². The second kappa shape index (κ2) is 33.0. The van der Waals surface area contributed by atoms with Crippen molar-refractivity contribution < 1.29 is 77.0 Å². The quantitative estimate of drug-likeness (QED) is 0.0497. The summed E-state index contributed by atoms with van der Waals surface area (Å²) in [6.45, 7) is 10.1. The Labute approximate surface area is 607 Å². The van der Waals surface area contributed by atoms with Crippen LogP contribution in [0.1, 0.15) is 280 Å². The van der Waals surface area contributed by atoms with E-state index >= 15 is 0 Å². The minimum atomic E-state index is -3.91. The maximum atomic E-state index is 12.0. The van der Waals surface area contributed by atoms with Crippen molar-refractivity contribution in [1.29, 1.82) is 0 Å². The van der Waals surface area contributed by atoms with Gasteiger partial charge in [0.25, 0.3) is 23.6 Å². The summed E-state index contributed by atoms with van der Waals surface area (Å²) >= 11 is 0. The number of carbonyl (C=O) groups excluding carboxylic acids is 4. The number of hydrogen-bond donors (Lipinski definition) is 15. The average molecular weight is 1360 g/mol. The lowest BCUT2D eigenvalue weighted by Gasteiger charge is -2.38. The molecule has 4 amide bonds. The number of hydrogen-bond acceptors (Lipinski definition) is 23. The molecule has 530 valence electrons. The zero-order valence-electron chi connectivity index (χ0n) is 87.2. The lowest BCUT2D eigenvalue weighted by atomic mass is 9.77. The first-order valence-corrected chi connectivity index (χ1v) is 30.3. The third-order valence-electron chi connectivity index (χ3n) is 14.2. The van der Waals surface area contributed by atoms with Crippen LogP contribution in [0.2, 0.25) is 0 Å². The second-order valence-corrected chi connectivity index (χ2v) is 26.7. The molecule has 0 aliphatic heterocycles. The van der Waals surface area contributed by atoms with Gasteiger partial charge in [-0.3, -0.25) is 19.2 Å². The number of primary amides is 4. The zero-order valence-corrected chi connectivity index (χ0v) is 56.2. The van der Waals surface area contributed by atoms with Crippen molar-refractivity contribution in [2.75, 3.05) is 42.5 Å². The van der Waals surface area contributed by atoms with Crippen molar-refractivity contribution in [1.82, 2.24) is 39.9 Å². The molecular weight excluding hydrogens is 1210 g/mol. The summed E-state index contributed by atoms with van der Waals surface area (Å²) in [5.74, 6) is -20.2. The predicted molar refractivity (Wildman–Crippen MR) is 378 cm³/mol. The van der Waals surface area contributed by atoms with Crippen LogP contribution in [-0.4, -0.2) is 143 Å². The first-order chi connectivity index (χ1) is 55.7. The van der Waals surface area contributed by atoms with E-state index in [1.807, 2.05) is 48.5 Å². The molecule has 4 aromatic heterocycles. The van der Waals surface area contributed by atoms with Crippen LogP contribution in [0.3, 0.4) is 0 Å². The SMILES string of the molecule is [2H]C([2H])([2H])C1CCC(Nc2nc(NC(C)(C)C)ncc2C(N)=O)CC1C.[2H]C([2H])([2H])[C@@H]1C([2H])([2H])C[C@@H](Nc2nc(NC(C)(C)C([2H])([2H])[2H])ncc2C(N)=O)C([2H])(C)[C@@]1([2H])O.[2H]C([2H])([2H])[C@@H]1C([2H])([2H])C[C@@H](Nc2nc(NC(C)(C)C)ncc2C(N)=O)C([2H])(C)[C@@]1([2H])O.[2H]C1([2H])C([2H])([2H])[C@]([2H])(C([2H])([2H])[2H])[C@]([2H])(O)C([2H])(C)[C@]1([2H])Nc1nc(NC(C)(C)C)ncc1C(N)=O. The van der Waals surface area contributed by atoms with Gasteiger partial charge in [-0.25, -0.2) is 19.9 Å². The Hall–Kier alpha value is -7.52. The second-order valence-electron chi connectivity index (χ2n) is 26.7. The minimum Gasteiger partial charge on any atom is -0.392 e. The Bertz CT molecular complexity index is 4580. The number of nitrogens with two attached hydrogens (primary N) is 4. The standard InChI is InChI=1S/3C17H29N5O2.C17H29N5O/c3*1-9-6-7-12(10(2)13(9)23)20-15-11(14(18)24)8-19-16(21-15)22-17(3,4)5;1-10-6-7-12(8-11(10)2)20-15-13(14(18)23)9-19-16(21-15)22-17(3,4)5/h3*8-10,12-13,23H,6-7H2,1-5H3,(H2,18,24)(H2,19,20,21,22);9-12H,6-8H2,1-5H3,(H2,18,23)(H2,19,20,21,22)/t9-,10?,12+,13-;2*9-,10?,12-,13+;/m011./s1/i1D3,6D2,7D2,9D,10D,12D,13D;1D3,3D3,6D2,10D,13D;1D3,6D2,10D,13D;1D3. The molecule has 4 aliphatic carbocycles. The first-order valence-electron chi connectivity index (χ1n) is 45.8. The van der Waals surface area contributed by atoms with Crippen LogP contribution in [0.15, 0.2) is 24.8 Å². The monoisotopic (exact) mass is 1360 g/mol. The molecule has 27 heteroatoms. The van der Waals surface area contributed by atoms with Gasteiger partial charge in [-0.2, -0.15) is 19.9 Å². The molecule has 4 aromatic rings. The molecule has 4 aliphatic rings. The molecule has 0 saturated heterocycles. The molecule has 95 heavy (non-hydrogen) atoms. The molecule has 8 rings (SSSR count). The topological polar surface area (TPSA) is 432 Å². The van der Waals surface area contributed by atoms with Crippen molar-refractivity contribution in [3.8, 4) is 0 Å². The van der Waals surface area contributed by atoms with E-state index in [4.69, 9.17) is 65.4 Å². The molecule has 0 spiro atoms. The number of aromatic nitrogens is 8. The molecule has 6 unspecified atom stereocenters. The van der Waals surface area contributed by atoms with Crippen molar-refractivity contribution in [3.05, 3.63) is 47.0 Å². The minimum absolute atomic E-state index is 0.0408. The van der Waals surface area contributed by atoms with Gasteiger partial charge >= 0.3 is 0 Å². The fraction of sp³-hybridized carbons (Fsp3) is 0.706. The van der Waals surface area contributed by atoms with Gasteiger partial charge in [0.05, 0.1) is 46.0 Å². The average Bonchev–Trinajstić information content (AvgIpc) is 0.648. The van der Waals surface area contributed by atoms with Crippen LogP contribution in [0.4, 0.5) is 47.1 Å². The number of anilines is 8. The van der Waals surface area contributed by atoms with E-state index in [0.717, 1.165) is 26.2 Å². The fourth-order valence-electron chi connectivity index (χ4n) is 9.18. The van der Waals surface area contributed by atoms with Crippen LogP contribution in [-0.2, 0) is 0 Å². The summed E-state index contributed by atoms with van der Waals surface area (Å²) < 4.78 is 249. The van der Waals surface area contributed by atoms with Gasteiger partial charge in [-0.15, -0.1) is 0 Å². The summed E-state index contributed by atoms with van der Waals surface area (Å²) in [6, 6.07) is -6.04. The van der Waals surface area contributed by atoms with Crippen LogP contribution in [0, 0.1) is 47.2 Å². The Morgan fingerprint density at radius 2 is 0.811 bits per heavy atom. The summed E-state index contributed by atoms with van der Waals surface area (Å²) in [5.41, 5.74) is 18.1. The van der Waals surface area contributed by atoms with Crippen LogP contribution >= 0.6 is 0 Å². The van der Waals surface area contributed by atoms with Crippen LogP contribution in [0.25, 0.3) is 0 Å². The van der Waals surface area contributed by atoms with Gasteiger partial charge in [0, 0.05) is 126 Å². The fourth-order valence-corrected chi connectivity index (χ4v) is 9.18. The number of aliphatic hydroxyl groups is 3. The lowest BCUT2D eigenvalue weighted by Crippen LogP contribution is -2.43. The van der Waals surface area contributed by atoms with E-state index in [2.05, 4.69) is 82.4 Å². The van der Waals surface area contributed by atoms with E-state index < -0.39 is 196 Å². The van der Waals surface area contributed by atoms with Crippen LogP contribution < -0.4 is 65.5 Å². The Balaban J connectivity index is 0.000000300. The highest BCUT2D eigenvalue weighted by molar-refractivity contribution is 5.99. The molecule has 4 fully saturated rings. The predicted octanol–water partition coefficient (Wildman–Crippen LogP) is 9.00. The molecule has 4 heterocycles. The maximum absolute atomic E-state index is 12.0. The highest BCUT2D eigenvalue weighted by Crippen LogP contribution is 2.36. The highest BCUT2D eigenvalue weighted by Gasteiger charge is 2.37. The van der Waals surface area contributed by atoms with E-state index in [1.165, 1.54) is 26.2 Å². The van der Waals surface area contributed by atoms with Crippen molar-refractivity contribution in [3.63, 3.8) is 0 Å². The van der Waals surface area contributed by atoms with Gasteiger partial charge in [0.1, 0.15) is 23.3 Å². The third kappa shape index (κ3) is 24.0. The lowest BCUT2D eigenvalue weighted by molar-refractivity contribution is 0.0265. The number of nitrogens with one attached hydrogen (secondary N) is 8. The number of amides is 4. The van der Waals surface area contributed by atoms with E-state index in [1.54, 1.807) is 20.8 Å². The van der Waals surface area contributed by atoms with Crippen LogP contribution in [0.5, 0.6) is 0 Å². The highest BCUT2D eigenvalue weighted by atomic mass is 16.3. The molecule has 0 bridgehead atoms. The molecular formula is C68H116N20O7. The Kier molecular flexibility index (Phi) is 15.1. The van der Waals surface area contributed by atoms with Gasteiger partial charge in [-0.05, 0) is 170 Å². The summed E-state index contributed by atoms with van der Waals surface area (Å²) in [6.07, 6.45) is -17.3. The smallest absolute Gasteiger partial charge is 0.254 e. The summed E-state index contributed by atoms with van der Waals surface area (Å²) in [7, 11) is 0. The van der Waals surface area contributed by atoms with Gasteiger partial charge in [-0.1, -0.05) is 55.1 Å². The Morgan fingerprint density at radius 3 is 1.14 bits per heavy atom. The molecule has 4 saturated carbocycles. The van der Waals surface area contributed by atoms with E-state index in [0.29, 0.717) is 38.0 Å². The van der Waals surface area contributed by atoms with Gasteiger partial charge in [0.15, 0.2) is 0 Å². The number of carbonyl (C=O) groups is 4. The molecule has 19 N–H and O–H groups in total. The van der Waals surface area contributed by atoms with Crippen molar-refractivity contribution in [2.24, 2.45) is 70.2 Å². The molecule has 27 nitrogen and oxygen atoms in total. The molecule has 0 radical (unpaired) electrons. The molecule has 0 aromatic carbocycles. The number of rotatable bonds is 16. The van der Waals surface area contributed by atoms with Crippen molar-refractivity contribution >= 4 is 70.7 Å². The zero-order chi connectivity index (χ0) is 98.5. The van der Waals surface area contributed by atoms with E-state index in [9.17, 15) is 34.5 Å². The van der Waals surface area contributed by atoms with Gasteiger partial charge in [0.2, 0.25) is 23.8 Å². The summed E-state index contributed by atoms with van der Waals surface area (Å²) in [4.78, 5) is 80.2. The maximum Gasteiger partial charge on any atom is 0.254 e. The summed E-state index contributed by atoms with van der Waals surface area (Å²) in [5, 5.41) is 55.0. The Morgan fingerprint density at radius 1 is 0.453 bits per heavy atom. The molecule has 15 atom stereocenters. The normalized spacial score (nSPS) is 40.7. The van der Waals surface area contributed by atoms with Crippen molar-refractivity contribution in [2.45, 2.75) is 260 Å². The largest absolute Gasteiger partial charge is 0.392 e. The third-order valence-corrected chi connectivity index (χ3v) is 14.2. The van der Waals surface area contributed by atoms with Gasteiger partial charge < -0.3 is 80.8 Å². The number of nitrogens with zero attached hydrogens (tertiary/aromatic N) is 8. The first kappa shape index (κ1) is 43.6.